The standard InChI is InChI=1S/C15H16O3/c1-10(15(16)18-3)11-4-5-13-9-14(17-2)7-6-12(13)8-11/h4-10H,1-3H3/i1-1. The maximum absolute atomic E-state index is 11.5. The molecule has 0 radical (unpaired) electrons. The van der Waals surface area contributed by atoms with Crippen LogP contribution in [0.25, 0.3) is 10.8 Å². The highest BCUT2D eigenvalue weighted by molar-refractivity contribution is 5.86. The van der Waals surface area contributed by atoms with Crippen LogP contribution in [-0.4, -0.2) is 20.2 Å². The summed E-state index contributed by atoms with van der Waals surface area (Å²) in [5, 5.41) is 2.18. The van der Waals surface area contributed by atoms with Crippen molar-refractivity contribution in [1.82, 2.24) is 0 Å². The Morgan fingerprint density at radius 3 is 2.39 bits per heavy atom. The maximum atomic E-state index is 11.5. The number of rotatable bonds is 3. The van der Waals surface area contributed by atoms with Crippen LogP contribution in [0.3, 0.4) is 0 Å². The SMILES string of the molecule is COC(=O)C([11CH3])c1ccc2cc(OC)ccc2c1. The molecule has 0 spiro atoms. The number of carbonyl (C=O) groups is 1. The molecule has 0 heterocycles. The van der Waals surface area contributed by atoms with Gasteiger partial charge in [0.2, 0.25) is 0 Å². The molecule has 3 nitrogen and oxygen atoms in total. The van der Waals surface area contributed by atoms with Crippen LogP contribution >= 0.6 is 0 Å². The number of carbonyl (C=O) groups excluding carboxylic acids is 1. The van der Waals surface area contributed by atoms with E-state index in [9.17, 15) is 4.79 Å². The summed E-state index contributed by atoms with van der Waals surface area (Å²) in [6, 6.07) is 11.8. The average Bonchev–Trinajstić information content (AvgIpc) is 2.44. The highest BCUT2D eigenvalue weighted by Crippen LogP contribution is 2.25. The second-order valence-corrected chi connectivity index (χ2v) is 4.22. The number of hydrogen-bond donors (Lipinski definition) is 0. The van der Waals surface area contributed by atoms with Crippen molar-refractivity contribution in [3.8, 4) is 5.75 Å². The van der Waals surface area contributed by atoms with Gasteiger partial charge in [-0.2, -0.15) is 0 Å². The van der Waals surface area contributed by atoms with Gasteiger partial charge in [-0.25, -0.2) is 0 Å². The minimum atomic E-state index is -0.249. The van der Waals surface area contributed by atoms with E-state index in [0.717, 1.165) is 22.1 Å². The van der Waals surface area contributed by atoms with E-state index < -0.39 is 0 Å². The number of benzene rings is 2. The Hall–Kier alpha value is -2.03. The summed E-state index contributed by atoms with van der Waals surface area (Å²) in [5.74, 6) is 0.362. The van der Waals surface area contributed by atoms with Gasteiger partial charge in [0.05, 0.1) is 20.1 Å². The third kappa shape index (κ3) is 2.30. The minimum Gasteiger partial charge on any atom is -0.497 e. The van der Waals surface area contributed by atoms with Crippen molar-refractivity contribution < 1.29 is 14.3 Å². The molecule has 2 aromatic rings. The lowest BCUT2D eigenvalue weighted by Gasteiger charge is -2.10. The predicted molar refractivity (Wildman–Crippen MR) is 70.9 cm³/mol. The maximum Gasteiger partial charge on any atom is 0.312 e. The Labute approximate surface area is 106 Å². The molecule has 0 aliphatic heterocycles. The predicted octanol–water partition coefficient (Wildman–Crippen LogP) is 3.12. The summed E-state index contributed by atoms with van der Waals surface area (Å²) in [7, 11) is 3.06. The van der Waals surface area contributed by atoms with Gasteiger partial charge in [-0.3, -0.25) is 4.79 Å². The van der Waals surface area contributed by atoms with Crippen LogP contribution in [0.15, 0.2) is 36.4 Å². The van der Waals surface area contributed by atoms with Crippen molar-refractivity contribution in [2.75, 3.05) is 14.2 Å². The van der Waals surface area contributed by atoms with Crippen molar-refractivity contribution in [3.05, 3.63) is 42.0 Å². The summed E-state index contributed by atoms with van der Waals surface area (Å²) in [4.78, 5) is 11.5. The summed E-state index contributed by atoms with van der Waals surface area (Å²) >= 11 is 0. The van der Waals surface area contributed by atoms with Crippen LogP contribution in [0.2, 0.25) is 0 Å². The molecule has 18 heavy (non-hydrogen) atoms. The van der Waals surface area contributed by atoms with Gasteiger partial charge in [0, 0.05) is 0 Å². The Morgan fingerprint density at radius 2 is 1.72 bits per heavy atom. The minimum absolute atomic E-state index is 0.220. The van der Waals surface area contributed by atoms with E-state index in [-0.39, 0.29) is 11.9 Å². The molecule has 0 N–H and O–H groups in total. The Balaban J connectivity index is 2.42. The highest BCUT2D eigenvalue weighted by Gasteiger charge is 2.15. The molecular formula is C15H16O3. The third-order valence-electron chi connectivity index (χ3n) is 3.13. The molecular weight excluding hydrogens is 227 g/mol. The molecule has 0 aliphatic carbocycles. The third-order valence-corrected chi connectivity index (χ3v) is 3.13. The van der Waals surface area contributed by atoms with E-state index in [1.807, 2.05) is 43.3 Å². The van der Waals surface area contributed by atoms with Crippen molar-refractivity contribution in [2.24, 2.45) is 0 Å². The molecule has 0 aromatic heterocycles. The fourth-order valence-corrected chi connectivity index (χ4v) is 1.95. The van der Waals surface area contributed by atoms with Crippen LogP contribution in [0.1, 0.15) is 18.4 Å². The fourth-order valence-electron chi connectivity index (χ4n) is 1.95. The van der Waals surface area contributed by atoms with Crippen LogP contribution in [0, 0.1) is 0 Å². The molecule has 94 valence electrons. The van der Waals surface area contributed by atoms with E-state index >= 15 is 0 Å². The molecule has 0 bridgehead atoms. The first-order valence-electron chi connectivity index (χ1n) is 5.81. The summed E-state index contributed by atoms with van der Waals surface area (Å²) < 4.78 is 9.94. The van der Waals surface area contributed by atoms with Crippen molar-refractivity contribution in [2.45, 2.75) is 12.8 Å². The van der Waals surface area contributed by atoms with Gasteiger partial charge in [0.25, 0.3) is 0 Å². The van der Waals surface area contributed by atoms with Crippen LogP contribution in [-0.2, 0) is 9.53 Å². The summed E-state index contributed by atoms with van der Waals surface area (Å²) in [5.41, 5.74) is 0.958. The molecule has 0 amide bonds. The van der Waals surface area contributed by atoms with Crippen molar-refractivity contribution in [1.29, 1.82) is 0 Å². The largest absolute Gasteiger partial charge is 0.497 e. The van der Waals surface area contributed by atoms with Gasteiger partial charge in [-0.15, -0.1) is 0 Å². The van der Waals surface area contributed by atoms with E-state index in [4.69, 9.17) is 9.47 Å². The topological polar surface area (TPSA) is 35.5 Å². The Morgan fingerprint density at radius 1 is 1.06 bits per heavy atom. The quantitative estimate of drug-likeness (QED) is 0.777. The number of methoxy groups -OCH3 is 2. The van der Waals surface area contributed by atoms with Crippen molar-refractivity contribution >= 4 is 16.7 Å². The first kappa shape index (κ1) is 12.4. The molecule has 2 rings (SSSR count). The van der Waals surface area contributed by atoms with Gasteiger partial charge >= 0.3 is 5.97 Å². The summed E-state index contributed by atoms with van der Waals surface area (Å²) in [6.07, 6.45) is 0. The normalized spacial score (nSPS) is 12.2. The summed E-state index contributed by atoms with van der Waals surface area (Å²) in [6.45, 7) is 1.84. The van der Waals surface area contributed by atoms with E-state index in [0.29, 0.717) is 0 Å². The van der Waals surface area contributed by atoms with E-state index in [1.54, 1.807) is 7.11 Å². The lowest BCUT2D eigenvalue weighted by molar-refractivity contribution is -0.141. The lowest BCUT2D eigenvalue weighted by Crippen LogP contribution is -2.10. The van der Waals surface area contributed by atoms with Gasteiger partial charge in [0.15, 0.2) is 0 Å². The second kappa shape index (κ2) is 5.08. The van der Waals surface area contributed by atoms with Gasteiger partial charge in [-0.1, -0.05) is 24.3 Å². The molecule has 0 saturated heterocycles. The van der Waals surface area contributed by atoms with Crippen LogP contribution in [0.4, 0.5) is 0 Å². The average molecular weight is 243 g/mol. The van der Waals surface area contributed by atoms with Crippen LogP contribution in [0.5, 0.6) is 5.75 Å². The lowest BCUT2D eigenvalue weighted by atomic mass is 9.86. The smallest absolute Gasteiger partial charge is 0.312 e. The molecule has 0 aliphatic rings. The zero-order valence-corrected chi connectivity index (χ0v) is 10.8. The highest BCUT2D eigenvalue weighted by atomic mass is 16.5. The van der Waals surface area contributed by atoms with Gasteiger partial charge in [0.1, 0.15) is 5.75 Å². The number of esters is 1. The number of ether oxygens (including phenoxy) is 2. The Bertz CT molecular complexity index is 575. The molecule has 0 saturated carbocycles. The number of fused-ring (bicyclic) bond motifs is 1. The van der Waals surface area contributed by atoms with Gasteiger partial charge < -0.3 is 9.47 Å². The zero-order chi connectivity index (χ0) is 13.1. The van der Waals surface area contributed by atoms with Crippen molar-refractivity contribution in [3.63, 3.8) is 0 Å². The molecule has 0 fully saturated rings. The monoisotopic (exact) mass is 243 g/mol. The number of hydrogen-bond acceptors (Lipinski definition) is 3. The fraction of sp³-hybridized carbons (Fsp3) is 0.267. The van der Waals surface area contributed by atoms with E-state index in [1.165, 1.54) is 7.11 Å². The Kier molecular flexibility index (Phi) is 3.51. The molecule has 1 unspecified atom stereocenters. The first-order valence-corrected chi connectivity index (χ1v) is 5.81. The van der Waals surface area contributed by atoms with Crippen LogP contribution < -0.4 is 4.74 Å². The zero-order valence-electron chi connectivity index (χ0n) is 10.8. The molecule has 2 aromatic carbocycles. The molecule has 1 atom stereocenters. The van der Waals surface area contributed by atoms with Gasteiger partial charge in [-0.05, 0) is 35.4 Å². The van der Waals surface area contributed by atoms with E-state index in [2.05, 4.69) is 0 Å². The molecule has 3 heteroatoms. The second-order valence-electron chi connectivity index (χ2n) is 4.22. The first-order chi connectivity index (χ1) is 8.65.